The van der Waals surface area contributed by atoms with Crippen molar-refractivity contribution in [3.63, 3.8) is 0 Å². The Balaban J connectivity index is -0.0000000450. The fraction of sp³-hybridized carbons (Fsp3) is 1.00. The molecular weight excluding hydrogens is 211 g/mol. The van der Waals surface area contributed by atoms with E-state index in [2.05, 4.69) is 39.3 Å². The zero-order valence-electron chi connectivity index (χ0n) is 9.63. The Morgan fingerprint density at radius 2 is 0.692 bits per heavy atom. The number of rotatable bonds is 0. The zero-order valence-corrected chi connectivity index (χ0v) is 13.0. The molecule has 0 aromatic rings. The van der Waals surface area contributed by atoms with Gasteiger partial charge in [0.2, 0.25) is 0 Å². The Bertz CT molecular complexity index is 54.4. The quantitative estimate of drug-likeness (QED) is 0.527. The molecule has 0 aliphatic rings. The molecule has 7 heteroatoms. The van der Waals surface area contributed by atoms with E-state index in [0.717, 1.165) is 0 Å². The maximum Gasteiger partial charge on any atom is 2.00 e. The molecule has 13 heavy (non-hydrogen) atoms. The molecule has 3 N–H and O–H groups in total. The van der Waals surface area contributed by atoms with Crippen molar-refractivity contribution in [3.8, 4) is 0 Å². The SMILES string of the molecule is C[Si-](C)C.C[Si-](C)C.OB(O)O.[Mg+2]. The molecule has 0 aliphatic carbocycles. The monoisotopic (exact) mass is 232 g/mol. The molecule has 76 valence electrons. The minimum absolute atomic E-state index is 0. The summed E-state index contributed by atoms with van der Waals surface area (Å²) in [5, 5.41) is 21.5. The van der Waals surface area contributed by atoms with Crippen LogP contribution in [-0.4, -0.2) is 63.0 Å². The average molecular weight is 233 g/mol. The van der Waals surface area contributed by atoms with Gasteiger partial charge < -0.3 is 15.1 Å². The van der Waals surface area contributed by atoms with Crippen molar-refractivity contribution in [2.75, 3.05) is 0 Å². The van der Waals surface area contributed by atoms with E-state index in [1.165, 1.54) is 0 Å². The van der Waals surface area contributed by atoms with Gasteiger partial charge in [0.25, 0.3) is 0 Å². The predicted molar refractivity (Wildman–Crippen MR) is 64.9 cm³/mol. The summed E-state index contributed by atoms with van der Waals surface area (Å²) in [5.41, 5.74) is 0. The fourth-order valence-corrected chi connectivity index (χ4v) is 0. The second-order valence-corrected chi connectivity index (χ2v) is 9.35. The molecule has 0 fully saturated rings. The maximum absolute atomic E-state index is 7.17. The van der Waals surface area contributed by atoms with E-state index in [0.29, 0.717) is 0 Å². The van der Waals surface area contributed by atoms with Gasteiger partial charge in [-0.1, -0.05) is 0 Å². The average Bonchev–Trinajstić information content (AvgIpc) is 1.54. The Kier molecular flexibility index (Phi) is 34.4. The summed E-state index contributed by atoms with van der Waals surface area (Å²) in [5.74, 6) is 0. The minimum Gasteiger partial charge on any atom is -0.402 e. The van der Waals surface area contributed by atoms with Gasteiger partial charge in [0, 0.05) is 0 Å². The van der Waals surface area contributed by atoms with E-state index in [9.17, 15) is 0 Å². The molecule has 0 unspecified atom stereocenters. The van der Waals surface area contributed by atoms with Crippen LogP contribution in [-0.2, 0) is 0 Å². The van der Waals surface area contributed by atoms with E-state index in [1.807, 2.05) is 0 Å². The molecule has 0 spiro atoms. The van der Waals surface area contributed by atoms with Crippen molar-refractivity contribution in [3.05, 3.63) is 0 Å². The smallest absolute Gasteiger partial charge is 0.402 e. The topological polar surface area (TPSA) is 60.7 Å². The van der Waals surface area contributed by atoms with Crippen molar-refractivity contribution < 1.29 is 15.1 Å². The normalized spacial score (nSPS) is 7.62. The van der Waals surface area contributed by atoms with Crippen LogP contribution < -0.4 is 0 Å². The second kappa shape index (κ2) is 18.8. The summed E-state index contributed by atoms with van der Waals surface area (Å²) < 4.78 is 0. The molecule has 0 saturated carbocycles. The Morgan fingerprint density at radius 3 is 0.692 bits per heavy atom. The number of hydrogen-bond donors (Lipinski definition) is 3. The van der Waals surface area contributed by atoms with Crippen LogP contribution >= 0.6 is 0 Å². The van der Waals surface area contributed by atoms with Crippen molar-refractivity contribution in [1.82, 2.24) is 0 Å². The van der Waals surface area contributed by atoms with Crippen LogP contribution in [0.2, 0.25) is 39.3 Å². The molecule has 0 atom stereocenters. The van der Waals surface area contributed by atoms with E-state index in [4.69, 9.17) is 15.1 Å². The Labute approximate surface area is 102 Å². The Morgan fingerprint density at radius 1 is 0.692 bits per heavy atom. The van der Waals surface area contributed by atoms with Crippen molar-refractivity contribution >= 4 is 48.0 Å². The van der Waals surface area contributed by atoms with Crippen LogP contribution in [0.1, 0.15) is 0 Å². The molecule has 0 aliphatic heterocycles. The van der Waals surface area contributed by atoms with E-state index >= 15 is 0 Å². The minimum atomic E-state index is -2.17. The first-order valence-electron chi connectivity index (χ1n) is 3.77. The van der Waals surface area contributed by atoms with Crippen LogP contribution in [0, 0.1) is 0 Å². The molecule has 0 bridgehead atoms. The standard InChI is InChI=1S/2C3H9Si.BH3O3.Mg/c2*1-4(2)3;2-1(3)4;/h2*1-3H3;2-4H;/q2*-1;;+2. The van der Waals surface area contributed by atoms with Crippen LogP contribution in [0.25, 0.3) is 0 Å². The van der Waals surface area contributed by atoms with Gasteiger partial charge in [0.05, 0.1) is 0 Å². The molecule has 0 radical (unpaired) electrons. The van der Waals surface area contributed by atoms with E-state index < -0.39 is 7.32 Å². The summed E-state index contributed by atoms with van der Waals surface area (Å²) in [6.07, 6.45) is 0. The molecule has 0 aromatic heterocycles. The van der Waals surface area contributed by atoms with Crippen LogP contribution in [0.5, 0.6) is 0 Å². The van der Waals surface area contributed by atoms with Gasteiger partial charge >= 0.3 is 30.4 Å². The largest absolute Gasteiger partial charge is 2.00 e. The van der Waals surface area contributed by atoms with Gasteiger partial charge in [0.15, 0.2) is 0 Å². The number of hydrogen-bond acceptors (Lipinski definition) is 3. The first-order chi connectivity index (χ1) is 5.20. The fourth-order valence-electron chi connectivity index (χ4n) is 0. The molecule has 0 heterocycles. The first-order valence-corrected chi connectivity index (χ1v) is 9.77. The Hall–Kier alpha value is 1.14. The van der Waals surface area contributed by atoms with Crippen molar-refractivity contribution in [1.29, 1.82) is 0 Å². The zero-order chi connectivity index (χ0) is 10.7. The molecule has 0 aromatic carbocycles. The van der Waals surface area contributed by atoms with Crippen molar-refractivity contribution in [2.45, 2.75) is 39.3 Å². The summed E-state index contributed by atoms with van der Waals surface area (Å²) in [6.45, 7) is 13.6. The van der Waals surface area contributed by atoms with Gasteiger partial charge in [-0.3, -0.25) is 17.6 Å². The summed E-state index contributed by atoms with van der Waals surface area (Å²) >= 11 is 0. The third kappa shape index (κ3) is 1250. The van der Waals surface area contributed by atoms with Gasteiger partial charge in [-0.2, -0.15) is 39.3 Å². The van der Waals surface area contributed by atoms with Gasteiger partial charge in [-0.05, 0) is 0 Å². The summed E-state index contributed by atoms with van der Waals surface area (Å²) in [6, 6.07) is 0. The molecule has 0 amide bonds. The summed E-state index contributed by atoms with van der Waals surface area (Å²) in [7, 11) is -1.93. The van der Waals surface area contributed by atoms with Gasteiger partial charge in [-0.15, -0.1) is 0 Å². The maximum atomic E-state index is 7.17. The molecular formula is C6H21BMgO3Si2. The summed E-state index contributed by atoms with van der Waals surface area (Å²) in [4.78, 5) is 0. The van der Waals surface area contributed by atoms with Crippen LogP contribution in [0.3, 0.4) is 0 Å². The predicted octanol–water partition coefficient (Wildman–Crippen LogP) is 0.309. The van der Waals surface area contributed by atoms with E-state index in [-0.39, 0.29) is 40.6 Å². The third-order valence-corrected chi connectivity index (χ3v) is 0. The van der Waals surface area contributed by atoms with Crippen molar-refractivity contribution in [2.24, 2.45) is 0 Å². The van der Waals surface area contributed by atoms with Crippen LogP contribution in [0.15, 0.2) is 0 Å². The van der Waals surface area contributed by atoms with Gasteiger partial charge in [0.1, 0.15) is 0 Å². The molecule has 0 rings (SSSR count). The van der Waals surface area contributed by atoms with E-state index in [1.54, 1.807) is 0 Å². The van der Waals surface area contributed by atoms with Gasteiger partial charge in [-0.25, -0.2) is 0 Å². The third-order valence-electron chi connectivity index (χ3n) is 0. The second-order valence-electron chi connectivity index (χ2n) is 3.35. The molecule has 0 saturated heterocycles. The molecule has 3 nitrogen and oxygen atoms in total. The van der Waals surface area contributed by atoms with Crippen LogP contribution in [0.4, 0.5) is 0 Å². The first kappa shape index (κ1) is 23.7.